The maximum atomic E-state index is 12.6. The molecule has 0 heterocycles. The molecule has 1 aromatic rings. The highest BCUT2D eigenvalue weighted by atomic mass is 16.5. The fraction of sp³-hybridized carbons (Fsp3) is 0.588. The molecule has 1 unspecified atom stereocenters. The smallest absolute Gasteiger partial charge is 0.332 e. The monoisotopic (exact) mass is 290 g/mol. The first-order valence-corrected chi connectivity index (χ1v) is 7.72. The van der Waals surface area contributed by atoms with Gasteiger partial charge in [0.15, 0.2) is 5.54 Å². The van der Waals surface area contributed by atoms with Crippen LogP contribution in [0.5, 0.6) is 0 Å². The first kappa shape index (κ1) is 16.0. The summed E-state index contributed by atoms with van der Waals surface area (Å²) in [5.41, 5.74) is 0.148. The lowest BCUT2D eigenvalue weighted by Gasteiger charge is -2.35. The molecule has 116 valence electrons. The highest BCUT2D eigenvalue weighted by Gasteiger charge is 2.41. The van der Waals surface area contributed by atoms with Crippen LogP contribution in [-0.4, -0.2) is 44.7 Å². The molecule has 2 rings (SSSR count). The number of nitrogens with zero attached hydrogens (tertiary/aromatic N) is 1. The summed E-state index contributed by atoms with van der Waals surface area (Å²) in [6.07, 6.45) is 2.61. The van der Waals surface area contributed by atoms with Gasteiger partial charge in [0.2, 0.25) is 0 Å². The summed E-state index contributed by atoms with van der Waals surface area (Å²) in [4.78, 5) is 14.9. The molecule has 0 amide bonds. The Hall–Kier alpha value is -1.39. The number of hydrogen-bond donors (Lipinski definition) is 1. The minimum atomic E-state index is -0.805. The second-order valence-corrected chi connectivity index (χ2v) is 5.88. The number of ether oxygens (including phenoxy) is 1. The summed E-state index contributed by atoms with van der Waals surface area (Å²) in [5.74, 6) is 0.587. The summed E-state index contributed by atoms with van der Waals surface area (Å²) in [6, 6.07) is 9.85. The SMILES string of the molecule is CCOC(=O)C(CN(C)CC1CC1)(NC)c1ccccc1. The predicted octanol–water partition coefficient (Wildman–Crippen LogP) is 2.01. The van der Waals surface area contributed by atoms with E-state index in [9.17, 15) is 4.79 Å². The van der Waals surface area contributed by atoms with Gasteiger partial charge in [0.05, 0.1) is 6.61 Å². The van der Waals surface area contributed by atoms with Gasteiger partial charge in [0.1, 0.15) is 0 Å². The molecule has 0 bridgehead atoms. The van der Waals surface area contributed by atoms with Gasteiger partial charge >= 0.3 is 5.97 Å². The molecule has 4 nitrogen and oxygen atoms in total. The molecule has 21 heavy (non-hydrogen) atoms. The van der Waals surface area contributed by atoms with Gasteiger partial charge in [-0.3, -0.25) is 0 Å². The maximum Gasteiger partial charge on any atom is 0.332 e. The number of rotatable bonds is 8. The lowest BCUT2D eigenvalue weighted by atomic mass is 9.89. The molecule has 1 N–H and O–H groups in total. The molecular weight excluding hydrogens is 264 g/mol. The van der Waals surface area contributed by atoms with Gasteiger partial charge in [-0.15, -0.1) is 0 Å². The van der Waals surface area contributed by atoms with E-state index in [0.29, 0.717) is 13.2 Å². The van der Waals surface area contributed by atoms with Crippen LogP contribution in [0.25, 0.3) is 0 Å². The van der Waals surface area contributed by atoms with Crippen LogP contribution in [0.1, 0.15) is 25.3 Å². The van der Waals surface area contributed by atoms with Crippen molar-refractivity contribution in [3.63, 3.8) is 0 Å². The van der Waals surface area contributed by atoms with E-state index in [1.54, 1.807) is 0 Å². The van der Waals surface area contributed by atoms with E-state index >= 15 is 0 Å². The normalized spacial score (nSPS) is 17.5. The van der Waals surface area contributed by atoms with Crippen LogP contribution < -0.4 is 5.32 Å². The van der Waals surface area contributed by atoms with Crippen molar-refractivity contribution in [1.82, 2.24) is 10.2 Å². The van der Waals surface area contributed by atoms with E-state index in [1.807, 2.05) is 44.3 Å². The quantitative estimate of drug-likeness (QED) is 0.744. The first-order chi connectivity index (χ1) is 10.1. The van der Waals surface area contributed by atoms with Crippen molar-refractivity contribution in [2.75, 3.05) is 33.8 Å². The summed E-state index contributed by atoms with van der Waals surface area (Å²) < 4.78 is 5.35. The molecule has 4 heteroatoms. The van der Waals surface area contributed by atoms with Gasteiger partial charge in [-0.05, 0) is 45.3 Å². The average Bonchev–Trinajstić information content (AvgIpc) is 3.30. The predicted molar refractivity (Wildman–Crippen MR) is 84.0 cm³/mol. The fourth-order valence-electron chi connectivity index (χ4n) is 2.79. The number of esters is 1. The molecule has 1 aliphatic carbocycles. The standard InChI is InChI=1S/C17H26N2O2/c1-4-21-16(20)17(18-2,15-8-6-5-7-9-15)13-19(3)12-14-10-11-14/h5-9,14,18H,4,10-13H2,1-3H3. The minimum Gasteiger partial charge on any atom is -0.464 e. The van der Waals surface area contributed by atoms with Crippen molar-refractivity contribution >= 4 is 5.97 Å². The summed E-state index contributed by atoms with van der Waals surface area (Å²) in [5, 5.41) is 3.22. The van der Waals surface area contributed by atoms with Crippen LogP contribution in [0.3, 0.4) is 0 Å². The van der Waals surface area contributed by atoms with Gasteiger partial charge in [0.25, 0.3) is 0 Å². The molecular formula is C17H26N2O2. The molecule has 1 aliphatic rings. The Labute approximate surface area is 127 Å². The lowest BCUT2D eigenvalue weighted by molar-refractivity contribution is -0.152. The third-order valence-corrected chi connectivity index (χ3v) is 4.09. The van der Waals surface area contributed by atoms with Crippen LogP contribution in [-0.2, 0) is 15.1 Å². The van der Waals surface area contributed by atoms with E-state index in [4.69, 9.17) is 4.74 Å². The zero-order valence-corrected chi connectivity index (χ0v) is 13.3. The number of benzene rings is 1. The molecule has 0 aromatic heterocycles. The Bertz CT molecular complexity index is 459. The van der Waals surface area contributed by atoms with Gasteiger partial charge in [0, 0.05) is 13.1 Å². The minimum absolute atomic E-state index is 0.207. The Kier molecular flexibility index (Phi) is 5.37. The van der Waals surface area contributed by atoms with Crippen LogP contribution in [0.15, 0.2) is 30.3 Å². The molecule has 1 atom stereocenters. The third-order valence-electron chi connectivity index (χ3n) is 4.09. The molecule has 1 aromatic carbocycles. The van der Waals surface area contributed by atoms with Crippen molar-refractivity contribution in [2.45, 2.75) is 25.3 Å². The molecule has 0 saturated heterocycles. The summed E-state index contributed by atoms with van der Waals surface area (Å²) in [7, 11) is 3.90. The van der Waals surface area contributed by atoms with E-state index in [-0.39, 0.29) is 5.97 Å². The van der Waals surface area contributed by atoms with E-state index in [1.165, 1.54) is 12.8 Å². The molecule has 0 aliphatic heterocycles. The van der Waals surface area contributed by atoms with Crippen molar-refractivity contribution < 1.29 is 9.53 Å². The average molecular weight is 290 g/mol. The Morgan fingerprint density at radius 2 is 2.05 bits per heavy atom. The Morgan fingerprint density at radius 1 is 1.38 bits per heavy atom. The van der Waals surface area contributed by atoms with Crippen molar-refractivity contribution in [1.29, 1.82) is 0 Å². The van der Waals surface area contributed by atoms with Crippen LogP contribution in [0.4, 0.5) is 0 Å². The molecule has 0 spiro atoms. The van der Waals surface area contributed by atoms with E-state index < -0.39 is 5.54 Å². The number of carbonyl (C=O) groups is 1. The second-order valence-electron chi connectivity index (χ2n) is 5.88. The maximum absolute atomic E-state index is 12.6. The Balaban J connectivity index is 2.24. The van der Waals surface area contributed by atoms with E-state index in [2.05, 4.69) is 17.3 Å². The number of hydrogen-bond acceptors (Lipinski definition) is 4. The van der Waals surface area contributed by atoms with Crippen molar-refractivity contribution in [3.05, 3.63) is 35.9 Å². The largest absolute Gasteiger partial charge is 0.464 e. The number of carbonyl (C=O) groups excluding carboxylic acids is 1. The van der Waals surface area contributed by atoms with Gasteiger partial charge in [-0.1, -0.05) is 30.3 Å². The zero-order valence-electron chi connectivity index (χ0n) is 13.3. The summed E-state index contributed by atoms with van der Waals surface area (Å²) in [6.45, 7) is 3.89. The van der Waals surface area contributed by atoms with Gasteiger partial charge in [-0.2, -0.15) is 0 Å². The fourth-order valence-corrected chi connectivity index (χ4v) is 2.79. The van der Waals surface area contributed by atoms with E-state index in [0.717, 1.165) is 18.0 Å². The summed E-state index contributed by atoms with van der Waals surface area (Å²) >= 11 is 0. The van der Waals surface area contributed by atoms with Gasteiger partial charge in [-0.25, -0.2) is 4.79 Å². The lowest BCUT2D eigenvalue weighted by Crippen LogP contribution is -2.55. The Morgan fingerprint density at radius 3 is 2.57 bits per heavy atom. The number of nitrogens with one attached hydrogen (secondary N) is 1. The van der Waals surface area contributed by atoms with Crippen molar-refractivity contribution in [2.24, 2.45) is 5.92 Å². The molecule has 1 saturated carbocycles. The first-order valence-electron chi connectivity index (χ1n) is 7.72. The van der Waals surface area contributed by atoms with Crippen LogP contribution >= 0.6 is 0 Å². The number of likely N-dealkylation sites (N-methyl/N-ethyl adjacent to an activating group) is 2. The van der Waals surface area contributed by atoms with Crippen LogP contribution in [0, 0.1) is 5.92 Å². The van der Waals surface area contributed by atoms with Gasteiger partial charge < -0.3 is 15.0 Å². The highest BCUT2D eigenvalue weighted by Crippen LogP contribution is 2.31. The topological polar surface area (TPSA) is 41.6 Å². The molecule has 1 fully saturated rings. The van der Waals surface area contributed by atoms with Crippen molar-refractivity contribution in [3.8, 4) is 0 Å². The highest BCUT2D eigenvalue weighted by molar-refractivity contribution is 5.83. The molecule has 0 radical (unpaired) electrons. The van der Waals surface area contributed by atoms with Crippen LogP contribution in [0.2, 0.25) is 0 Å². The third kappa shape index (κ3) is 3.83. The second kappa shape index (κ2) is 7.05. The zero-order chi connectivity index (χ0) is 15.3.